The first kappa shape index (κ1) is 14.0. The highest BCUT2D eigenvalue weighted by atomic mass is 32.2. The number of hydrogen-bond donors (Lipinski definition) is 1. The van der Waals surface area contributed by atoms with E-state index in [-0.39, 0.29) is 18.4 Å². The van der Waals surface area contributed by atoms with Gasteiger partial charge in [-0.05, 0) is 19.9 Å². The third-order valence-electron chi connectivity index (χ3n) is 2.37. The zero-order valence-corrected chi connectivity index (χ0v) is 11.3. The fraction of sp³-hybridized carbons (Fsp3) is 0.500. The molecule has 1 aromatic carbocycles. The largest absolute Gasteiger partial charge is 0.492 e. The van der Waals surface area contributed by atoms with Gasteiger partial charge in [-0.25, -0.2) is 8.42 Å². The lowest BCUT2D eigenvalue weighted by Gasteiger charge is -2.14. The Bertz CT molecular complexity index is 481. The predicted octanol–water partition coefficient (Wildman–Crippen LogP) is 1.44. The van der Waals surface area contributed by atoms with Gasteiger partial charge in [0.05, 0.1) is 5.75 Å². The first-order valence-electron chi connectivity index (χ1n) is 5.46. The minimum atomic E-state index is -2.99. The second-order valence-electron chi connectivity index (χ2n) is 4.31. The maximum absolute atomic E-state index is 11.0. The number of nitrogens with two attached hydrogens (primary N) is 1. The van der Waals surface area contributed by atoms with Crippen molar-refractivity contribution in [3.63, 3.8) is 0 Å². The topological polar surface area (TPSA) is 69.4 Å². The molecule has 0 unspecified atom stereocenters. The minimum absolute atomic E-state index is 0.0132. The normalized spacial score (nSPS) is 13.4. The Kier molecular flexibility index (Phi) is 4.54. The van der Waals surface area contributed by atoms with Crippen LogP contribution in [0.4, 0.5) is 0 Å². The second-order valence-corrected chi connectivity index (χ2v) is 6.57. The fourth-order valence-corrected chi connectivity index (χ4v) is 1.84. The predicted molar refractivity (Wildman–Crippen MR) is 69.0 cm³/mol. The van der Waals surface area contributed by atoms with Gasteiger partial charge in [0.25, 0.3) is 0 Å². The van der Waals surface area contributed by atoms with Crippen LogP contribution < -0.4 is 10.5 Å². The van der Waals surface area contributed by atoms with E-state index in [1.54, 1.807) is 0 Å². The lowest BCUT2D eigenvalue weighted by atomic mass is 10.1. The highest BCUT2D eigenvalue weighted by Crippen LogP contribution is 2.24. The lowest BCUT2D eigenvalue weighted by molar-refractivity contribution is 0.335. The van der Waals surface area contributed by atoms with Crippen LogP contribution in [-0.2, 0) is 9.84 Å². The van der Waals surface area contributed by atoms with Crippen LogP contribution in [0.5, 0.6) is 5.75 Å². The highest BCUT2D eigenvalue weighted by Gasteiger charge is 2.09. The third kappa shape index (κ3) is 4.75. The molecule has 17 heavy (non-hydrogen) atoms. The van der Waals surface area contributed by atoms with Crippen molar-refractivity contribution >= 4 is 9.84 Å². The molecule has 1 aromatic rings. The van der Waals surface area contributed by atoms with Gasteiger partial charge in [0, 0.05) is 17.9 Å². The van der Waals surface area contributed by atoms with Gasteiger partial charge in [0.15, 0.2) is 9.84 Å². The van der Waals surface area contributed by atoms with Crippen molar-refractivity contribution in [2.24, 2.45) is 5.73 Å². The monoisotopic (exact) mass is 257 g/mol. The van der Waals surface area contributed by atoms with Gasteiger partial charge in [-0.1, -0.05) is 17.7 Å². The Labute approximate surface area is 103 Å². The quantitative estimate of drug-likeness (QED) is 0.866. The molecule has 0 spiro atoms. The molecule has 1 atom stereocenters. The van der Waals surface area contributed by atoms with Gasteiger partial charge < -0.3 is 10.5 Å². The standard InChI is InChI=1S/C12H19NO3S/c1-9-4-5-12(11(8-9)10(2)13)16-6-7-17(3,14)15/h4-5,8,10H,6-7,13H2,1-3H3/t10-/m0/s1. The van der Waals surface area contributed by atoms with Crippen molar-refractivity contribution in [3.05, 3.63) is 29.3 Å². The number of benzene rings is 1. The smallest absolute Gasteiger partial charge is 0.150 e. The van der Waals surface area contributed by atoms with Gasteiger partial charge >= 0.3 is 0 Å². The van der Waals surface area contributed by atoms with Gasteiger partial charge in [-0.15, -0.1) is 0 Å². The average molecular weight is 257 g/mol. The van der Waals surface area contributed by atoms with Crippen molar-refractivity contribution in [2.45, 2.75) is 19.9 Å². The highest BCUT2D eigenvalue weighted by molar-refractivity contribution is 7.90. The first-order chi connectivity index (χ1) is 7.79. The molecule has 0 fully saturated rings. The summed E-state index contributed by atoms with van der Waals surface area (Å²) in [6.07, 6.45) is 1.19. The molecule has 1 rings (SSSR count). The molecule has 0 aliphatic heterocycles. The number of rotatable bonds is 5. The maximum Gasteiger partial charge on any atom is 0.150 e. The number of sulfone groups is 1. The first-order valence-corrected chi connectivity index (χ1v) is 7.52. The van der Waals surface area contributed by atoms with Crippen LogP contribution in [-0.4, -0.2) is 27.0 Å². The molecule has 0 radical (unpaired) electrons. The van der Waals surface area contributed by atoms with E-state index in [9.17, 15) is 8.42 Å². The minimum Gasteiger partial charge on any atom is -0.492 e. The van der Waals surface area contributed by atoms with Crippen LogP contribution >= 0.6 is 0 Å². The molecule has 2 N–H and O–H groups in total. The third-order valence-corrected chi connectivity index (χ3v) is 3.28. The van der Waals surface area contributed by atoms with Crippen LogP contribution in [0.1, 0.15) is 24.1 Å². The van der Waals surface area contributed by atoms with E-state index >= 15 is 0 Å². The average Bonchev–Trinajstić information content (AvgIpc) is 2.18. The molecule has 0 saturated carbocycles. The molecule has 0 bridgehead atoms. The Balaban J connectivity index is 2.77. The lowest BCUT2D eigenvalue weighted by Crippen LogP contribution is -2.14. The summed E-state index contributed by atoms with van der Waals surface area (Å²) in [7, 11) is -2.99. The van der Waals surface area contributed by atoms with Crippen molar-refractivity contribution in [1.82, 2.24) is 0 Å². The van der Waals surface area contributed by atoms with E-state index in [2.05, 4.69) is 0 Å². The van der Waals surface area contributed by atoms with Gasteiger partial charge in [-0.2, -0.15) is 0 Å². The van der Waals surface area contributed by atoms with Crippen molar-refractivity contribution in [3.8, 4) is 5.75 Å². The van der Waals surface area contributed by atoms with Crippen LogP contribution in [0.2, 0.25) is 0 Å². The maximum atomic E-state index is 11.0. The Morgan fingerprint density at radius 3 is 2.59 bits per heavy atom. The van der Waals surface area contributed by atoms with E-state index in [4.69, 9.17) is 10.5 Å². The molecule has 0 aromatic heterocycles. The molecule has 96 valence electrons. The summed E-state index contributed by atoms with van der Waals surface area (Å²) in [5.74, 6) is 0.675. The Hall–Kier alpha value is -1.07. The van der Waals surface area contributed by atoms with Gasteiger partial charge in [-0.3, -0.25) is 0 Å². The SMILES string of the molecule is Cc1ccc(OCCS(C)(=O)=O)c([C@H](C)N)c1. The van der Waals surface area contributed by atoms with E-state index in [0.29, 0.717) is 5.75 Å². The van der Waals surface area contributed by atoms with E-state index < -0.39 is 9.84 Å². The summed E-state index contributed by atoms with van der Waals surface area (Å²) in [6, 6.07) is 5.57. The summed E-state index contributed by atoms with van der Waals surface area (Å²) in [5.41, 5.74) is 7.85. The van der Waals surface area contributed by atoms with Crippen LogP contribution in [0.15, 0.2) is 18.2 Å². The summed E-state index contributed by atoms with van der Waals surface area (Å²) >= 11 is 0. The van der Waals surface area contributed by atoms with E-state index in [0.717, 1.165) is 11.1 Å². The summed E-state index contributed by atoms with van der Waals surface area (Å²) in [6.45, 7) is 4.01. The summed E-state index contributed by atoms with van der Waals surface area (Å²) in [4.78, 5) is 0. The van der Waals surface area contributed by atoms with Crippen molar-refractivity contribution in [1.29, 1.82) is 0 Å². The summed E-state index contributed by atoms with van der Waals surface area (Å²) in [5, 5.41) is 0. The fourth-order valence-electron chi connectivity index (χ4n) is 1.46. The zero-order valence-electron chi connectivity index (χ0n) is 10.4. The molecule has 0 aliphatic rings. The van der Waals surface area contributed by atoms with Gasteiger partial charge in [0.1, 0.15) is 12.4 Å². The number of hydrogen-bond acceptors (Lipinski definition) is 4. The van der Waals surface area contributed by atoms with E-state index in [1.807, 2.05) is 32.0 Å². The van der Waals surface area contributed by atoms with Crippen molar-refractivity contribution in [2.75, 3.05) is 18.6 Å². The Morgan fingerprint density at radius 1 is 1.41 bits per heavy atom. The van der Waals surface area contributed by atoms with Crippen LogP contribution in [0, 0.1) is 6.92 Å². The zero-order chi connectivity index (χ0) is 13.1. The molecule has 0 heterocycles. The molecule has 5 heteroatoms. The van der Waals surface area contributed by atoms with E-state index in [1.165, 1.54) is 6.26 Å². The summed E-state index contributed by atoms with van der Waals surface area (Å²) < 4.78 is 27.4. The number of aryl methyl sites for hydroxylation is 1. The van der Waals surface area contributed by atoms with Crippen LogP contribution in [0.3, 0.4) is 0 Å². The van der Waals surface area contributed by atoms with Gasteiger partial charge in [0.2, 0.25) is 0 Å². The molecular weight excluding hydrogens is 238 g/mol. The molecule has 0 aliphatic carbocycles. The molecular formula is C12H19NO3S. The Morgan fingerprint density at radius 2 is 2.06 bits per heavy atom. The van der Waals surface area contributed by atoms with Crippen molar-refractivity contribution < 1.29 is 13.2 Å². The van der Waals surface area contributed by atoms with Crippen LogP contribution in [0.25, 0.3) is 0 Å². The molecule has 0 saturated heterocycles. The molecule has 4 nitrogen and oxygen atoms in total. The molecule has 0 amide bonds. The number of ether oxygens (including phenoxy) is 1. The second kappa shape index (κ2) is 5.51.